The fourth-order valence-corrected chi connectivity index (χ4v) is 4.53. The van der Waals surface area contributed by atoms with Crippen LogP contribution in [0, 0.1) is 11.3 Å². The summed E-state index contributed by atoms with van der Waals surface area (Å²) in [7, 11) is 1.53. The molecule has 218 valence electrons. The van der Waals surface area contributed by atoms with Gasteiger partial charge in [0.25, 0.3) is 0 Å². The van der Waals surface area contributed by atoms with Crippen LogP contribution < -0.4 is 10.5 Å². The maximum Gasteiger partial charge on any atom is 0.303 e. The average Bonchev–Trinajstić information content (AvgIpc) is 2.90. The molecule has 0 aliphatic carbocycles. The molecule has 2 heterocycles. The zero-order valence-electron chi connectivity index (χ0n) is 23.2. The van der Waals surface area contributed by atoms with Crippen LogP contribution in [-0.4, -0.2) is 73.1 Å². The van der Waals surface area contributed by atoms with E-state index in [1.165, 1.54) is 14.0 Å². The predicted molar refractivity (Wildman–Crippen MR) is 141 cm³/mol. The molecule has 41 heavy (non-hydrogen) atoms. The lowest BCUT2D eigenvalue weighted by atomic mass is 9.91. The molecule has 0 saturated carbocycles. The first-order valence-corrected chi connectivity index (χ1v) is 12.6. The van der Waals surface area contributed by atoms with E-state index >= 15 is 0 Å². The number of anilines is 1. The second-order valence-electron chi connectivity index (χ2n) is 9.20. The third-order valence-electron chi connectivity index (χ3n) is 6.11. The molecule has 1 aliphatic rings. The molecule has 1 aliphatic heterocycles. The third-order valence-corrected chi connectivity index (χ3v) is 6.11. The lowest BCUT2D eigenvalue weighted by molar-refractivity contribution is -0.252. The molecule has 1 aromatic heterocycles. The Hall–Kier alpha value is -4.70. The monoisotopic (exact) mass is 569 g/mol. The molecule has 2 N–H and O–H groups in total. The van der Waals surface area contributed by atoms with E-state index in [1.54, 1.807) is 30.3 Å². The van der Waals surface area contributed by atoms with Crippen LogP contribution in [0.25, 0.3) is 11.1 Å². The Balaban J connectivity index is 2.08. The third kappa shape index (κ3) is 7.92. The van der Waals surface area contributed by atoms with E-state index in [2.05, 4.69) is 11.1 Å². The van der Waals surface area contributed by atoms with Crippen LogP contribution in [0.15, 0.2) is 30.3 Å². The van der Waals surface area contributed by atoms with Gasteiger partial charge >= 0.3 is 23.9 Å². The molecule has 0 radical (unpaired) electrons. The van der Waals surface area contributed by atoms with Crippen molar-refractivity contribution >= 4 is 29.7 Å². The van der Waals surface area contributed by atoms with Gasteiger partial charge in [0.1, 0.15) is 42.0 Å². The zero-order valence-corrected chi connectivity index (χ0v) is 23.2. The summed E-state index contributed by atoms with van der Waals surface area (Å²) in [6, 6.07) is 10.7. The number of hydrogen-bond acceptors (Lipinski definition) is 13. The molecular weight excluding hydrogens is 538 g/mol. The minimum Gasteiger partial charge on any atom is -0.497 e. The standard InChI is InChI=1S/C28H31N3O10/c1-14(32)37-13-24-26(39-16(3)34)27(40-17(4)35)25(38-15(2)33)23(41-24)11-19-10-21(22(12-29)28(30)31-19)18-6-8-20(36-5)9-7-18/h6-10,23-27H,11,13H2,1-5H3,(H2,30,31)/t23-,24+,25-,26+,27+/m0/s1. The number of carbonyl (C=O) groups is 4. The fourth-order valence-electron chi connectivity index (χ4n) is 4.53. The number of carbonyl (C=O) groups excluding carboxylic acids is 4. The quantitative estimate of drug-likeness (QED) is 0.341. The van der Waals surface area contributed by atoms with Crippen molar-refractivity contribution in [2.45, 2.75) is 64.6 Å². The maximum absolute atomic E-state index is 12.1. The Bertz CT molecular complexity index is 1340. The molecule has 0 unspecified atom stereocenters. The van der Waals surface area contributed by atoms with E-state index in [9.17, 15) is 24.4 Å². The molecule has 0 bridgehead atoms. The molecule has 0 spiro atoms. The largest absolute Gasteiger partial charge is 0.497 e. The van der Waals surface area contributed by atoms with Crippen LogP contribution >= 0.6 is 0 Å². The summed E-state index contributed by atoms with van der Waals surface area (Å²) in [5.41, 5.74) is 7.82. The van der Waals surface area contributed by atoms with E-state index in [-0.39, 0.29) is 24.4 Å². The van der Waals surface area contributed by atoms with E-state index in [0.29, 0.717) is 22.6 Å². The van der Waals surface area contributed by atoms with Gasteiger partial charge in [0.15, 0.2) is 18.3 Å². The Kier molecular flexibility index (Phi) is 10.2. The number of nitrogen functional groups attached to an aromatic ring is 1. The van der Waals surface area contributed by atoms with Crippen molar-refractivity contribution in [1.29, 1.82) is 5.26 Å². The van der Waals surface area contributed by atoms with E-state index < -0.39 is 54.4 Å². The Morgan fingerprint density at radius 1 is 0.902 bits per heavy atom. The zero-order chi connectivity index (χ0) is 30.3. The normalized spacial score (nSPS) is 21.6. The molecule has 13 nitrogen and oxygen atoms in total. The number of aromatic nitrogens is 1. The molecule has 2 aromatic rings. The van der Waals surface area contributed by atoms with Crippen LogP contribution in [-0.2, 0) is 49.3 Å². The van der Waals surface area contributed by atoms with Crippen molar-refractivity contribution < 1.29 is 47.6 Å². The lowest BCUT2D eigenvalue weighted by Gasteiger charge is -2.44. The van der Waals surface area contributed by atoms with Crippen molar-refractivity contribution in [2.75, 3.05) is 19.5 Å². The van der Waals surface area contributed by atoms with Crippen molar-refractivity contribution in [1.82, 2.24) is 4.98 Å². The van der Waals surface area contributed by atoms with Gasteiger partial charge in [-0.3, -0.25) is 19.2 Å². The minimum atomic E-state index is -1.31. The highest BCUT2D eigenvalue weighted by Gasteiger charge is 2.52. The maximum atomic E-state index is 12.1. The van der Waals surface area contributed by atoms with Gasteiger partial charge in [0, 0.05) is 45.4 Å². The van der Waals surface area contributed by atoms with Crippen LogP contribution in [0.2, 0.25) is 0 Å². The molecule has 3 rings (SSSR count). The van der Waals surface area contributed by atoms with Gasteiger partial charge < -0.3 is 34.2 Å². The molecule has 1 aromatic carbocycles. The molecule has 0 amide bonds. The SMILES string of the molecule is COc1ccc(-c2cc(C[C@@H]3O[C@H](COC(C)=O)[C@@H](OC(C)=O)[C@H](OC(C)=O)[C@H]3OC(C)=O)nc(N)c2C#N)cc1. The van der Waals surface area contributed by atoms with Gasteiger partial charge in [-0.05, 0) is 23.8 Å². The first kappa shape index (κ1) is 30.8. The van der Waals surface area contributed by atoms with Crippen molar-refractivity contribution in [3.8, 4) is 22.9 Å². The number of nitrogens with zero attached hydrogens (tertiary/aromatic N) is 2. The summed E-state index contributed by atoms with van der Waals surface area (Å²) in [4.78, 5) is 52.1. The second kappa shape index (κ2) is 13.6. The number of hydrogen-bond donors (Lipinski definition) is 1. The van der Waals surface area contributed by atoms with Gasteiger partial charge in [-0.1, -0.05) is 12.1 Å². The predicted octanol–water partition coefficient (Wildman–Crippen LogP) is 1.88. The van der Waals surface area contributed by atoms with Crippen LogP contribution in [0.4, 0.5) is 5.82 Å². The summed E-state index contributed by atoms with van der Waals surface area (Å²) in [5, 5.41) is 9.77. The highest BCUT2D eigenvalue weighted by atomic mass is 16.7. The number of pyridine rings is 1. The topological polar surface area (TPSA) is 186 Å². The molecule has 1 saturated heterocycles. The van der Waals surface area contributed by atoms with Crippen molar-refractivity contribution in [2.24, 2.45) is 0 Å². The van der Waals surface area contributed by atoms with Crippen molar-refractivity contribution in [3.05, 3.63) is 41.6 Å². The number of methoxy groups -OCH3 is 1. The molecule has 5 atom stereocenters. The number of nitrogens with two attached hydrogens (primary N) is 1. The summed E-state index contributed by atoms with van der Waals surface area (Å²) < 4.78 is 32.9. The minimum absolute atomic E-state index is 0.0403. The van der Waals surface area contributed by atoms with Gasteiger partial charge in [-0.15, -0.1) is 0 Å². The van der Waals surface area contributed by atoms with Crippen LogP contribution in [0.3, 0.4) is 0 Å². The second-order valence-corrected chi connectivity index (χ2v) is 9.20. The van der Waals surface area contributed by atoms with E-state index in [4.69, 9.17) is 34.2 Å². The molecular formula is C28H31N3O10. The number of nitriles is 1. The molecule has 13 heteroatoms. The number of esters is 4. The summed E-state index contributed by atoms with van der Waals surface area (Å²) in [6.07, 6.45) is -6.00. The summed E-state index contributed by atoms with van der Waals surface area (Å²) in [6.45, 7) is 4.29. The molecule has 1 fully saturated rings. The fraction of sp³-hybridized carbons (Fsp3) is 0.429. The first-order chi connectivity index (χ1) is 19.4. The number of rotatable bonds is 9. The summed E-state index contributed by atoms with van der Waals surface area (Å²) >= 11 is 0. The van der Waals surface area contributed by atoms with Crippen molar-refractivity contribution in [3.63, 3.8) is 0 Å². The summed E-state index contributed by atoms with van der Waals surface area (Å²) in [5.74, 6) is -2.23. The van der Waals surface area contributed by atoms with Crippen LogP contribution in [0.1, 0.15) is 39.0 Å². The Morgan fingerprint density at radius 2 is 1.46 bits per heavy atom. The average molecular weight is 570 g/mol. The van der Waals surface area contributed by atoms with E-state index in [1.807, 2.05) is 0 Å². The number of ether oxygens (including phenoxy) is 6. The van der Waals surface area contributed by atoms with Gasteiger partial charge in [-0.2, -0.15) is 5.26 Å². The van der Waals surface area contributed by atoms with Gasteiger partial charge in [0.05, 0.1) is 7.11 Å². The van der Waals surface area contributed by atoms with Crippen LogP contribution in [0.5, 0.6) is 5.75 Å². The Labute approximate surface area is 236 Å². The smallest absolute Gasteiger partial charge is 0.303 e. The Morgan fingerprint density at radius 3 is 1.98 bits per heavy atom. The number of benzene rings is 1. The highest BCUT2D eigenvalue weighted by molar-refractivity contribution is 5.76. The van der Waals surface area contributed by atoms with Gasteiger partial charge in [0.2, 0.25) is 0 Å². The van der Waals surface area contributed by atoms with Gasteiger partial charge in [-0.25, -0.2) is 4.98 Å². The van der Waals surface area contributed by atoms with E-state index in [0.717, 1.165) is 20.8 Å². The lowest BCUT2D eigenvalue weighted by Crippen LogP contribution is -2.62. The first-order valence-electron chi connectivity index (χ1n) is 12.6. The highest BCUT2D eigenvalue weighted by Crippen LogP contribution is 2.33.